The molecule has 6 nitrogen and oxygen atoms in total. The summed E-state index contributed by atoms with van der Waals surface area (Å²) in [5.41, 5.74) is 2.05. The van der Waals surface area contributed by atoms with E-state index in [2.05, 4.69) is 22.4 Å². The Balaban J connectivity index is 1.62. The van der Waals surface area contributed by atoms with Crippen molar-refractivity contribution in [3.8, 4) is 11.4 Å². The molecule has 0 aliphatic carbocycles. The first-order valence-electron chi connectivity index (χ1n) is 7.95. The van der Waals surface area contributed by atoms with Crippen molar-refractivity contribution in [2.24, 2.45) is 0 Å². The van der Waals surface area contributed by atoms with Crippen LogP contribution in [0.2, 0.25) is 0 Å². The van der Waals surface area contributed by atoms with E-state index in [-0.39, 0.29) is 6.10 Å². The van der Waals surface area contributed by atoms with Gasteiger partial charge in [0, 0.05) is 32.4 Å². The highest BCUT2D eigenvalue weighted by Gasteiger charge is 2.17. The molecule has 0 bridgehead atoms. The first kappa shape index (κ1) is 16.0. The number of nitrogens with zero attached hydrogens (tertiary/aromatic N) is 3. The van der Waals surface area contributed by atoms with Crippen LogP contribution in [0.25, 0.3) is 5.69 Å². The van der Waals surface area contributed by atoms with Crippen LogP contribution in [-0.2, 0) is 11.3 Å². The minimum absolute atomic E-state index is 0.247. The maximum atomic E-state index is 5.77. The van der Waals surface area contributed by atoms with Crippen LogP contribution in [0.3, 0.4) is 0 Å². The number of ether oxygens (including phenoxy) is 2. The van der Waals surface area contributed by atoms with E-state index >= 15 is 0 Å². The molecule has 1 aromatic carbocycles. The van der Waals surface area contributed by atoms with Crippen LogP contribution in [0.4, 0.5) is 0 Å². The molecule has 1 saturated heterocycles. The Kier molecular flexibility index (Phi) is 5.27. The number of para-hydroxylation sites is 2. The monoisotopic (exact) mass is 316 g/mol. The lowest BCUT2D eigenvalue weighted by molar-refractivity contribution is -0.0182. The lowest BCUT2D eigenvalue weighted by atomic mass is 10.2. The number of hydrogen-bond donors (Lipinski definition) is 1. The molecule has 2 heterocycles. The number of morpholine rings is 1. The van der Waals surface area contributed by atoms with Crippen molar-refractivity contribution in [1.82, 2.24) is 20.0 Å². The summed E-state index contributed by atoms with van der Waals surface area (Å²) < 4.78 is 13.1. The standard InChI is InChI=1S/C17H24N4O2/c1-20-9-10-23-15(13-20)12-18-11-14-7-8-19-21(14)16-5-3-4-6-17(16)22-2/h3-8,15,18H,9-13H2,1-2H3. The summed E-state index contributed by atoms with van der Waals surface area (Å²) in [7, 11) is 3.81. The van der Waals surface area contributed by atoms with E-state index in [4.69, 9.17) is 9.47 Å². The highest BCUT2D eigenvalue weighted by Crippen LogP contribution is 2.22. The number of benzene rings is 1. The second-order valence-electron chi connectivity index (χ2n) is 5.79. The molecule has 1 aromatic heterocycles. The van der Waals surface area contributed by atoms with Crippen LogP contribution in [0.15, 0.2) is 36.5 Å². The topological polar surface area (TPSA) is 51.5 Å². The van der Waals surface area contributed by atoms with Crippen LogP contribution in [-0.4, -0.2) is 61.2 Å². The van der Waals surface area contributed by atoms with Crippen LogP contribution >= 0.6 is 0 Å². The van der Waals surface area contributed by atoms with Gasteiger partial charge in [-0.25, -0.2) is 4.68 Å². The molecule has 1 aliphatic rings. The zero-order valence-corrected chi connectivity index (χ0v) is 13.7. The first-order chi connectivity index (χ1) is 11.3. The zero-order chi connectivity index (χ0) is 16.1. The molecule has 23 heavy (non-hydrogen) atoms. The molecule has 124 valence electrons. The first-order valence-corrected chi connectivity index (χ1v) is 7.95. The van der Waals surface area contributed by atoms with E-state index in [1.165, 1.54) is 0 Å². The third kappa shape index (κ3) is 3.90. The summed E-state index contributed by atoms with van der Waals surface area (Å²) in [4.78, 5) is 2.30. The molecule has 1 N–H and O–H groups in total. The van der Waals surface area contributed by atoms with Gasteiger partial charge in [-0.1, -0.05) is 12.1 Å². The lowest BCUT2D eigenvalue weighted by Gasteiger charge is -2.30. The van der Waals surface area contributed by atoms with E-state index in [0.717, 1.165) is 49.9 Å². The molecular weight excluding hydrogens is 292 g/mol. The second kappa shape index (κ2) is 7.59. The fraction of sp³-hybridized carbons (Fsp3) is 0.471. The maximum Gasteiger partial charge on any atom is 0.144 e. The Morgan fingerprint density at radius 2 is 2.22 bits per heavy atom. The molecule has 0 amide bonds. The molecule has 6 heteroatoms. The van der Waals surface area contributed by atoms with Gasteiger partial charge in [0.25, 0.3) is 0 Å². The summed E-state index contributed by atoms with van der Waals surface area (Å²) in [6, 6.07) is 9.92. The predicted octanol–water partition coefficient (Wildman–Crippen LogP) is 1.30. The van der Waals surface area contributed by atoms with Gasteiger partial charge in [0.05, 0.1) is 25.5 Å². The van der Waals surface area contributed by atoms with Gasteiger partial charge in [-0.2, -0.15) is 5.10 Å². The summed E-state index contributed by atoms with van der Waals surface area (Å²) in [5, 5.41) is 7.90. The molecule has 0 saturated carbocycles. The van der Waals surface area contributed by atoms with Crippen LogP contribution in [0.1, 0.15) is 5.69 Å². The van der Waals surface area contributed by atoms with Crippen molar-refractivity contribution >= 4 is 0 Å². The molecule has 1 fully saturated rings. The molecule has 0 spiro atoms. The van der Waals surface area contributed by atoms with Crippen molar-refractivity contribution in [3.63, 3.8) is 0 Å². The Labute approximate surface area is 137 Å². The molecular formula is C17H24N4O2. The van der Waals surface area contributed by atoms with Crippen molar-refractivity contribution in [3.05, 3.63) is 42.2 Å². The molecule has 1 unspecified atom stereocenters. The minimum Gasteiger partial charge on any atom is -0.494 e. The largest absolute Gasteiger partial charge is 0.494 e. The summed E-state index contributed by atoms with van der Waals surface area (Å²) in [6.45, 7) is 4.36. The number of methoxy groups -OCH3 is 1. The smallest absolute Gasteiger partial charge is 0.144 e. The molecule has 2 aromatic rings. The van der Waals surface area contributed by atoms with Gasteiger partial charge in [-0.05, 0) is 25.2 Å². The Morgan fingerprint density at radius 3 is 3.04 bits per heavy atom. The number of nitrogens with one attached hydrogen (secondary N) is 1. The highest BCUT2D eigenvalue weighted by molar-refractivity contribution is 5.46. The third-order valence-electron chi connectivity index (χ3n) is 4.05. The summed E-state index contributed by atoms with van der Waals surface area (Å²) in [5.74, 6) is 0.815. The van der Waals surface area contributed by atoms with Crippen LogP contribution < -0.4 is 10.1 Å². The van der Waals surface area contributed by atoms with E-state index in [1.54, 1.807) is 7.11 Å². The third-order valence-corrected chi connectivity index (χ3v) is 4.05. The van der Waals surface area contributed by atoms with Gasteiger partial charge < -0.3 is 19.7 Å². The Bertz CT molecular complexity index is 629. The van der Waals surface area contributed by atoms with Gasteiger partial charge in [-0.3, -0.25) is 0 Å². The Morgan fingerprint density at radius 1 is 1.35 bits per heavy atom. The van der Waals surface area contributed by atoms with Crippen LogP contribution in [0, 0.1) is 0 Å². The van der Waals surface area contributed by atoms with Crippen molar-refractivity contribution in [1.29, 1.82) is 0 Å². The second-order valence-corrected chi connectivity index (χ2v) is 5.79. The normalized spacial score (nSPS) is 19.0. The molecule has 1 aliphatic heterocycles. The maximum absolute atomic E-state index is 5.77. The lowest BCUT2D eigenvalue weighted by Crippen LogP contribution is -2.44. The fourth-order valence-electron chi connectivity index (χ4n) is 2.84. The summed E-state index contributed by atoms with van der Waals surface area (Å²) >= 11 is 0. The predicted molar refractivity (Wildman–Crippen MR) is 89.1 cm³/mol. The van der Waals surface area contributed by atoms with Crippen LogP contribution in [0.5, 0.6) is 5.75 Å². The number of aromatic nitrogens is 2. The average molecular weight is 316 g/mol. The number of hydrogen-bond acceptors (Lipinski definition) is 5. The highest BCUT2D eigenvalue weighted by atomic mass is 16.5. The van der Waals surface area contributed by atoms with Gasteiger partial charge in [-0.15, -0.1) is 0 Å². The average Bonchev–Trinajstić information content (AvgIpc) is 3.03. The number of rotatable bonds is 6. The minimum atomic E-state index is 0.247. The van der Waals surface area contributed by atoms with Gasteiger partial charge in [0.15, 0.2) is 0 Å². The Hall–Kier alpha value is -1.89. The van der Waals surface area contributed by atoms with E-state index in [9.17, 15) is 0 Å². The molecule has 0 radical (unpaired) electrons. The fourth-order valence-corrected chi connectivity index (χ4v) is 2.84. The van der Waals surface area contributed by atoms with E-state index < -0.39 is 0 Å². The quantitative estimate of drug-likeness (QED) is 0.871. The van der Waals surface area contributed by atoms with Crippen molar-refractivity contribution in [2.75, 3.05) is 40.4 Å². The number of likely N-dealkylation sites (N-methyl/N-ethyl adjacent to an activating group) is 1. The van der Waals surface area contributed by atoms with Crippen molar-refractivity contribution in [2.45, 2.75) is 12.6 Å². The molecule has 3 rings (SSSR count). The van der Waals surface area contributed by atoms with Crippen molar-refractivity contribution < 1.29 is 9.47 Å². The van der Waals surface area contributed by atoms with Gasteiger partial charge in [0.2, 0.25) is 0 Å². The SMILES string of the molecule is COc1ccccc1-n1nccc1CNCC1CN(C)CCO1. The molecule has 1 atom stereocenters. The van der Waals surface area contributed by atoms with Gasteiger partial charge in [0.1, 0.15) is 11.4 Å². The summed E-state index contributed by atoms with van der Waals surface area (Å²) in [6.07, 6.45) is 2.06. The van der Waals surface area contributed by atoms with E-state index in [1.807, 2.05) is 41.2 Å². The van der Waals surface area contributed by atoms with E-state index in [0.29, 0.717) is 0 Å². The zero-order valence-electron chi connectivity index (χ0n) is 13.7. The van der Waals surface area contributed by atoms with Gasteiger partial charge >= 0.3 is 0 Å².